The summed E-state index contributed by atoms with van der Waals surface area (Å²) in [6.07, 6.45) is -2.61. The molecule has 0 saturated carbocycles. The third-order valence-corrected chi connectivity index (χ3v) is 22.3. The number of rotatable bonds is 52. The molecule has 686 valence electrons. The SMILES string of the molecule is CC[C@H](C)[C@@H]([C@@H](CC(=O)N1CCC[C@H]1[C@H](OC)[C@@H](C)C(=O)N[C@H](C)[C@@H](O)c1ccccc1)OC)N(C)C(=O)[C@@H](NC(=O)[C@H](C(C)C)N(C)C(=O)OCc1ccc(NC(=O)[C@H](CCCNC(N)=O)NC(=O)[C@@H](NC(=O)[C@H](CCC(=O)O)NC(=O)CCOCCOCCOCCNC(=O)CCC(=O)N2Cc3ccccc3C#Cc3ccccc32)C(C)C)cc1)C(C)C. The van der Waals surface area contributed by atoms with Gasteiger partial charge in [0, 0.05) is 90.4 Å². The van der Waals surface area contributed by atoms with Gasteiger partial charge in [-0.05, 0) is 110 Å². The Bertz CT molecular complexity index is 4280. The number of aliphatic hydroxyl groups is 1. The van der Waals surface area contributed by atoms with Gasteiger partial charge in [0.2, 0.25) is 59.1 Å². The molecule has 2 heterocycles. The number of methoxy groups -OCH3 is 2. The molecule has 0 spiro atoms. The highest BCUT2D eigenvalue weighted by atomic mass is 16.6. The third-order valence-electron chi connectivity index (χ3n) is 22.3. The van der Waals surface area contributed by atoms with Crippen LogP contribution in [0.1, 0.15) is 174 Å². The maximum Gasteiger partial charge on any atom is 0.410 e. The molecule has 2 aliphatic heterocycles. The van der Waals surface area contributed by atoms with Crippen molar-refractivity contribution in [1.82, 2.24) is 51.9 Å². The minimum absolute atomic E-state index is 0.00794. The van der Waals surface area contributed by atoms with Crippen molar-refractivity contribution in [2.75, 3.05) is 97.8 Å². The number of anilines is 2. The van der Waals surface area contributed by atoms with E-state index in [0.717, 1.165) is 21.6 Å². The highest BCUT2D eigenvalue weighted by Gasteiger charge is 2.45. The van der Waals surface area contributed by atoms with Gasteiger partial charge in [0.1, 0.15) is 36.8 Å². The molecule has 12 N–H and O–H groups in total. The molecule has 0 unspecified atom stereocenters. The standard InChI is InChI=1S/C91H131N13O21/c1-15-59(8)81(72(120-13)53-76(108)103-46-24-32-71(103)83(121-14)60(9)84(112)95-61(10)82(111)65-27-17-16-18-28-65)101(11)89(117)79(57(4)5)100-88(116)80(58(6)7)102(12)91(119)125-55-62-33-37-67(38-34-62)96-85(113)68(30-23-44-94-90(92)118)98-87(115)78(56(2)3)99-86(114)69(39-42-77(109)110)97-74(106)43-47-122-49-51-124-52-50-123-48-45-93-73(105)40-41-75(107)104-54-66-29-20-19-25-63(66)35-36-64-26-21-22-31-70(64)104/h16-22,25-29,31,33-34,37-38,56-61,68-69,71-72,78-83,111H,15,23-24,30,32,39-55H2,1-14H3,(H,93,105)(H,95,112)(H,96,113)(H,97,106)(H,98,115)(H,99,114)(H,100,116)(H,109,110)(H3,92,94,118)/t59-,60+,61+,68-,69-,71-,72+,78-,79-,80-,81-,82+,83+/m0/s1. The smallest absolute Gasteiger partial charge is 0.410 e. The van der Waals surface area contributed by atoms with E-state index in [1.807, 2.05) is 80.6 Å². The number of amides is 13. The second-order valence-electron chi connectivity index (χ2n) is 32.6. The Balaban J connectivity index is 0.951. The highest BCUT2D eigenvalue weighted by Crippen LogP contribution is 2.32. The third kappa shape index (κ3) is 32.4. The minimum Gasteiger partial charge on any atom is -0.481 e. The number of ether oxygens (including phenoxy) is 6. The van der Waals surface area contributed by atoms with Crippen molar-refractivity contribution in [2.45, 2.75) is 220 Å². The Labute approximate surface area is 733 Å². The highest BCUT2D eigenvalue weighted by molar-refractivity contribution is 6.00. The summed E-state index contributed by atoms with van der Waals surface area (Å²) in [7, 11) is 6.02. The molecule has 0 aliphatic carbocycles. The first-order valence-electron chi connectivity index (χ1n) is 43.0. The molecule has 0 radical (unpaired) electrons. The second-order valence-corrected chi connectivity index (χ2v) is 32.6. The molecule has 34 heteroatoms. The fourth-order valence-corrected chi connectivity index (χ4v) is 15.1. The summed E-state index contributed by atoms with van der Waals surface area (Å²) in [5.41, 5.74) is 9.83. The van der Waals surface area contributed by atoms with Crippen LogP contribution in [0.4, 0.5) is 21.0 Å². The van der Waals surface area contributed by atoms with Crippen LogP contribution in [0.25, 0.3) is 0 Å². The summed E-state index contributed by atoms with van der Waals surface area (Å²) >= 11 is 0. The van der Waals surface area contributed by atoms with Crippen molar-refractivity contribution in [3.63, 3.8) is 0 Å². The molecule has 6 rings (SSSR count). The van der Waals surface area contributed by atoms with Crippen LogP contribution in [0.3, 0.4) is 0 Å². The lowest BCUT2D eigenvalue weighted by molar-refractivity contribution is -0.148. The van der Waals surface area contributed by atoms with Gasteiger partial charge in [0.15, 0.2) is 0 Å². The molecule has 2 aliphatic rings. The number of aliphatic hydroxyl groups excluding tert-OH is 1. The van der Waals surface area contributed by atoms with Gasteiger partial charge < -0.3 is 102 Å². The number of carboxylic acid groups (broad SMARTS) is 1. The van der Waals surface area contributed by atoms with E-state index >= 15 is 0 Å². The number of aliphatic carboxylic acids is 1. The van der Waals surface area contributed by atoms with E-state index in [4.69, 9.17) is 34.2 Å². The van der Waals surface area contributed by atoms with E-state index in [1.54, 1.807) is 96.5 Å². The number of likely N-dealkylation sites (tertiary alicyclic amines) is 1. The Morgan fingerprint density at radius 3 is 1.83 bits per heavy atom. The van der Waals surface area contributed by atoms with E-state index in [2.05, 4.69) is 54.4 Å². The zero-order valence-corrected chi connectivity index (χ0v) is 74.6. The Hall–Kier alpha value is -11.1. The maximum absolute atomic E-state index is 14.9. The molecule has 125 heavy (non-hydrogen) atoms. The lowest BCUT2D eigenvalue weighted by Gasteiger charge is -2.41. The van der Waals surface area contributed by atoms with Crippen LogP contribution in [-0.4, -0.2) is 250 Å². The summed E-state index contributed by atoms with van der Waals surface area (Å²) < 4.78 is 34.5. The van der Waals surface area contributed by atoms with Crippen molar-refractivity contribution < 1.29 is 101 Å². The van der Waals surface area contributed by atoms with E-state index in [-0.39, 0.29) is 140 Å². The molecular weight excluding hydrogens is 1610 g/mol. The van der Waals surface area contributed by atoms with Crippen LogP contribution in [0, 0.1) is 41.4 Å². The van der Waals surface area contributed by atoms with Crippen molar-refractivity contribution in [2.24, 2.45) is 35.3 Å². The number of nitrogens with zero attached hydrogens (tertiary/aromatic N) is 4. The minimum atomic E-state index is -1.41. The molecule has 4 aromatic carbocycles. The summed E-state index contributed by atoms with van der Waals surface area (Å²) in [4.78, 5) is 183. The number of likely N-dealkylation sites (N-methyl/N-ethyl adjacent to an activating group) is 2. The van der Waals surface area contributed by atoms with Gasteiger partial charge in [-0.15, -0.1) is 0 Å². The van der Waals surface area contributed by atoms with Crippen LogP contribution in [-0.2, 0) is 94.3 Å². The first kappa shape index (κ1) is 103. The Morgan fingerprint density at radius 2 is 1.20 bits per heavy atom. The maximum atomic E-state index is 14.9. The molecule has 0 aromatic heterocycles. The van der Waals surface area contributed by atoms with Gasteiger partial charge >= 0.3 is 18.1 Å². The number of nitrogens with one attached hydrogen (secondary N) is 8. The monoisotopic (exact) mass is 1740 g/mol. The van der Waals surface area contributed by atoms with Crippen LogP contribution in [0.2, 0.25) is 0 Å². The van der Waals surface area contributed by atoms with Gasteiger partial charge in [0.05, 0.1) is 101 Å². The summed E-state index contributed by atoms with van der Waals surface area (Å²) in [6.45, 7) is 19.1. The van der Waals surface area contributed by atoms with Crippen LogP contribution < -0.4 is 53.2 Å². The number of carboxylic acids is 1. The fourth-order valence-electron chi connectivity index (χ4n) is 15.1. The summed E-state index contributed by atoms with van der Waals surface area (Å²) in [5, 5.41) is 42.3. The zero-order valence-electron chi connectivity index (χ0n) is 74.6. The number of primary amides is 1. The van der Waals surface area contributed by atoms with Gasteiger partial charge in [-0.1, -0.05) is 153 Å². The number of para-hydroxylation sites is 1. The lowest BCUT2D eigenvalue weighted by Crippen LogP contribution is -2.60. The normalized spacial score (nSPS) is 15.8. The second kappa shape index (κ2) is 52.6. The van der Waals surface area contributed by atoms with E-state index in [9.17, 15) is 72.5 Å². The van der Waals surface area contributed by atoms with E-state index in [0.29, 0.717) is 49.2 Å². The number of urea groups is 1. The van der Waals surface area contributed by atoms with Crippen LogP contribution in [0.5, 0.6) is 0 Å². The molecule has 4 aromatic rings. The van der Waals surface area contributed by atoms with Crippen molar-refractivity contribution in [3.8, 4) is 11.8 Å². The Kier molecular flexibility index (Phi) is 43.2. The first-order valence-corrected chi connectivity index (χ1v) is 43.0. The fraction of sp³-hybridized carbons (Fsp3) is 0.571. The lowest BCUT2D eigenvalue weighted by atomic mass is 9.89. The van der Waals surface area contributed by atoms with Gasteiger partial charge in [-0.3, -0.25) is 57.6 Å². The van der Waals surface area contributed by atoms with Gasteiger partial charge in [-0.25, -0.2) is 9.59 Å². The number of carbonyl (C=O) groups is 13. The predicted molar refractivity (Wildman–Crippen MR) is 467 cm³/mol. The molecule has 13 amide bonds. The largest absolute Gasteiger partial charge is 0.481 e. The number of fused-ring (bicyclic) bond motifs is 2. The molecule has 34 nitrogen and oxygen atoms in total. The van der Waals surface area contributed by atoms with Crippen LogP contribution >= 0.6 is 0 Å². The van der Waals surface area contributed by atoms with E-state index < -0.39 is 150 Å². The zero-order chi connectivity index (χ0) is 92.0. The average molecular weight is 1740 g/mol. The quantitative estimate of drug-likeness (QED) is 0.0172. The van der Waals surface area contributed by atoms with Crippen LogP contribution in [0.15, 0.2) is 103 Å². The number of nitrogens with two attached hydrogens (primary N) is 1. The van der Waals surface area contributed by atoms with E-state index in [1.165, 1.54) is 38.3 Å². The summed E-state index contributed by atoms with van der Waals surface area (Å²) in [6, 6.07) is 21.5. The molecular formula is C91H131N13O21. The first-order chi connectivity index (χ1) is 59.6. The average Bonchev–Trinajstić information content (AvgIpc) is 1.72. The Morgan fingerprint density at radius 1 is 0.584 bits per heavy atom. The van der Waals surface area contributed by atoms with Crippen molar-refractivity contribution in [1.29, 1.82) is 0 Å². The summed E-state index contributed by atoms with van der Waals surface area (Å²) in [5.74, 6) is -2.57. The van der Waals surface area contributed by atoms with Gasteiger partial charge in [-0.2, -0.15) is 0 Å². The number of benzene rings is 4. The number of hydrogen-bond donors (Lipinski definition) is 11. The number of carbonyl (C=O) groups excluding carboxylic acids is 12. The molecule has 13 atom stereocenters. The molecule has 1 saturated heterocycles. The van der Waals surface area contributed by atoms with Crippen molar-refractivity contribution >= 4 is 88.5 Å². The van der Waals surface area contributed by atoms with Crippen molar-refractivity contribution in [3.05, 3.63) is 131 Å². The predicted octanol–water partition coefficient (Wildman–Crippen LogP) is 6.22. The topological polar surface area (TPSA) is 453 Å². The number of hydrogen-bond acceptors (Lipinski definition) is 20. The molecule has 1 fully saturated rings. The molecule has 0 bridgehead atoms. The van der Waals surface area contributed by atoms with Gasteiger partial charge in [0.25, 0.3) is 0 Å².